The number of nitrogens with one attached hydrogen (secondary N) is 1. The van der Waals surface area contributed by atoms with Crippen molar-refractivity contribution in [3.8, 4) is 0 Å². The summed E-state index contributed by atoms with van der Waals surface area (Å²) < 4.78 is 0. The van der Waals surface area contributed by atoms with E-state index in [1.165, 1.54) is 32.1 Å². The van der Waals surface area contributed by atoms with Gasteiger partial charge in [0.05, 0.1) is 5.92 Å². The van der Waals surface area contributed by atoms with E-state index in [-0.39, 0.29) is 11.8 Å². The van der Waals surface area contributed by atoms with Gasteiger partial charge in [0.1, 0.15) is 0 Å². The predicted octanol–water partition coefficient (Wildman–Crippen LogP) is 4.76. The van der Waals surface area contributed by atoms with Crippen LogP contribution in [-0.2, 0) is 4.79 Å². The van der Waals surface area contributed by atoms with Crippen LogP contribution in [0.3, 0.4) is 0 Å². The lowest BCUT2D eigenvalue weighted by molar-refractivity contribution is -0.125. The molecule has 0 aromatic heterocycles. The molecule has 0 heterocycles. The van der Waals surface area contributed by atoms with Crippen LogP contribution in [0.4, 0.5) is 0 Å². The molecule has 4 bridgehead atoms. The van der Waals surface area contributed by atoms with E-state index in [1.54, 1.807) is 0 Å². The van der Waals surface area contributed by atoms with Crippen molar-refractivity contribution in [1.82, 2.24) is 5.32 Å². The Morgan fingerprint density at radius 2 is 1.19 bits per heavy atom. The summed E-state index contributed by atoms with van der Waals surface area (Å²) in [7, 11) is 0. The Bertz CT molecular complexity index is 702. The summed E-state index contributed by atoms with van der Waals surface area (Å²) in [4.78, 5) is 13.4. The second-order valence-electron chi connectivity index (χ2n) is 8.72. The first-order chi connectivity index (χ1) is 12.8. The van der Waals surface area contributed by atoms with Crippen LogP contribution >= 0.6 is 0 Å². The van der Waals surface area contributed by atoms with Crippen LogP contribution in [0.1, 0.15) is 49.1 Å². The molecular formula is C24H27NO. The van der Waals surface area contributed by atoms with E-state index in [0.29, 0.717) is 17.9 Å². The third kappa shape index (κ3) is 2.86. The molecule has 0 unspecified atom stereocenters. The lowest BCUT2D eigenvalue weighted by atomic mass is 9.54. The van der Waals surface area contributed by atoms with Crippen LogP contribution in [0, 0.1) is 23.7 Å². The maximum absolute atomic E-state index is 13.4. The van der Waals surface area contributed by atoms with E-state index in [1.807, 2.05) is 36.4 Å². The summed E-state index contributed by atoms with van der Waals surface area (Å²) in [5.41, 5.74) is 2.17. The molecule has 0 spiro atoms. The quantitative estimate of drug-likeness (QED) is 0.850. The second-order valence-corrected chi connectivity index (χ2v) is 8.72. The van der Waals surface area contributed by atoms with Gasteiger partial charge in [-0.25, -0.2) is 0 Å². The summed E-state index contributed by atoms with van der Waals surface area (Å²) in [6.45, 7) is 0. The smallest absolute Gasteiger partial charge is 0.232 e. The largest absolute Gasteiger partial charge is 0.352 e. The molecule has 2 nitrogen and oxygen atoms in total. The van der Waals surface area contributed by atoms with Gasteiger partial charge in [-0.1, -0.05) is 60.7 Å². The van der Waals surface area contributed by atoms with Gasteiger partial charge in [0, 0.05) is 6.04 Å². The number of hydrogen-bond donors (Lipinski definition) is 1. The number of hydrogen-bond acceptors (Lipinski definition) is 1. The molecule has 2 aromatic carbocycles. The van der Waals surface area contributed by atoms with Gasteiger partial charge in [-0.15, -0.1) is 0 Å². The topological polar surface area (TPSA) is 29.1 Å². The molecule has 1 N–H and O–H groups in total. The molecule has 4 aliphatic rings. The van der Waals surface area contributed by atoms with Crippen molar-refractivity contribution in [2.75, 3.05) is 0 Å². The lowest BCUT2D eigenvalue weighted by Gasteiger charge is -2.54. The minimum Gasteiger partial charge on any atom is -0.352 e. The molecule has 6 rings (SSSR count). The zero-order valence-electron chi connectivity index (χ0n) is 15.2. The molecular weight excluding hydrogens is 318 g/mol. The van der Waals surface area contributed by atoms with Gasteiger partial charge in [-0.05, 0) is 66.9 Å². The molecule has 0 saturated heterocycles. The number of carbonyl (C=O) groups excluding carboxylic acids is 1. The summed E-state index contributed by atoms with van der Waals surface area (Å²) in [5.74, 6) is 3.26. The molecule has 0 aliphatic heterocycles. The van der Waals surface area contributed by atoms with E-state index in [4.69, 9.17) is 0 Å². The molecule has 26 heavy (non-hydrogen) atoms. The van der Waals surface area contributed by atoms with Crippen LogP contribution in [0.2, 0.25) is 0 Å². The van der Waals surface area contributed by atoms with Crippen LogP contribution < -0.4 is 5.32 Å². The van der Waals surface area contributed by atoms with E-state index < -0.39 is 0 Å². The Hall–Kier alpha value is -2.09. The molecule has 1 amide bonds. The van der Waals surface area contributed by atoms with Gasteiger partial charge in [0.15, 0.2) is 0 Å². The molecule has 0 radical (unpaired) electrons. The minimum absolute atomic E-state index is 0.180. The fourth-order valence-corrected chi connectivity index (χ4v) is 6.19. The zero-order chi connectivity index (χ0) is 17.5. The van der Waals surface area contributed by atoms with Crippen LogP contribution in [0.15, 0.2) is 60.7 Å². The van der Waals surface area contributed by atoms with E-state index in [9.17, 15) is 4.79 Å². The highest BCUT2D eigenvalue weighted by Crippen LogP contribution is 2.53. The summed E-state index contributed by atoms with van der Waals surface area (Å²) >= 11 is 0. The maximum Gasteiger partial charge on any atom is 0.232 e. The van der Waals surface area contributed by atoms with E-state index in [2.05, 4.69) is 29.6 Å². The van der Waals surface area contributed by atoms with E-state index >= 15 is 0 Å². The fraction of sp³-hybridized carbons (Fsp3) is 0.458. The molecule has 4 saturated carbocycles. The number of carbonyl (C=O) groups is 1. The van der Waals surface area contributed by atoms with Gasteiger partial charge in [-0.2, -0.15) is 0 Å². The van der Waals surface area contributed by atoms with Crippen LogP contribution in [0.25, 0.3) is 0 Å². The first kappa shape index (κ1) is 16.1. The van der Waals surface area contributed by atoms with E-state index in [0.717, 1.165) is 23.0 Å². The highest BCUT2D eigenvalue weighted by Gasteiger charge is 2.49. The molecule has 2 heteroatoms. The van der Waals surface area contributed by atoms with Gasteiger partial charge in [-0.3, -0.25) is 4.79 Å². The average Bonchev–Trinajstić information content (AvgIpc) is 2.66. The fourth-order valence-electron chi connectivity index (χ4n) is 6.19. The average molecular weight is 345 g/mol. The summed E-state index contributed by atoms with van der Waals surface area (Å²) in [5, 5.41) is 3.52. The van der Waals surface area contributed by atoms with Gasteiger partial charge in [0.25, 0.3) is 0 Å². The standard InChI is InChI=1S/C24H27NO/c26-24(25-23-20-12-16-11-17(14-20)15-21(23)13-16)22(18-7-3-1-4-8-18)19-9-5-2-6-10-19/h1-10,16-17,20-23H,11-15H2,(H,25,26). The predicted molar refractivity (Wildman–Crippen MR) is 104 cm³/mol. The van der Waals surface area contributed by atoms with Crippen molar-refractivity contribution in [3.05, 3.63) is 71.8 Å². The lowest BCUT2D eigenvalue weighted by Crippen LogP contribution is -2.56. The Morgan fingerprint density at radius 3 is 1.65 bits per heavy atom. The van der Waals surface area contributed by atoms with Crippen molar-refractivity contribution in [1.29, 1.82) is 0 Å². The van der Waals surface area contributed by atoms with Crippen molar-refractivity contribution < 1.29 is 4.79 Å². The molecule has 4 aliphatic carbocycles. The first-order valence-electron chi connectivity index (χ1n) is 10.2. The summed E-state index contributed by atoms with van der Waals surface area (Å²) in [6, 6.07) is 20.9. The van der Waals surface area contributed by atoms with Crippen molar-refractivity contribution in [2.45, 2.75) is 44.1 Å². The molecule has 0 atom stereocenters. The number of amides is 1. The third-order valence-electron chi connectivity index (χ3n) is 7.06. The Kier molecular flexibility index (Phi) is 4.07. The van der Waals surface area contributed by atoms with Gasteiger partial charge >= 0.3 is 0 Å². The normalized spacial score (nSPS) is 32.0. The number of rotatable bonds is 4. The monoisotopic (exact) mass is 345 g/mol. The Balaban J connectivity index is 1.41. The van der Waals surface area contributed by atoms with Gasteiger partial charge < -0.3 is 5.32 Å². The second kappa shape index (κ2) is 6.57. The van der Waals surface area contributed by atoms with Crippen molar-refractivity contribution in [3.63, 3.8) is 0 Å². The third-order valence-corrected chi connectivity index (χ3v) is 7.06. The van der Waals surface area contributed by atoms with Crippen LogP contribution in [-0.4, -0.2) is 11.9 Å². The SMILES string of the molecule is O=C(NC1C2CC3CC(C2)CC1C3)C(c1ccccc1)c1ccccc1. The Labute approximate surface area is 156 Å². The summed E-state index contributed by atoms with van der Waals surface area (Å²) in [6.07, 6.45) is 6.78. The number of benzene rings is 2. The van der Waals surface area contributed by atoms with Crippen molar-refractivity contribution >= 4 is 5.91 Å². The van der Waals surface area contributed by atoms with Gasteiger partial charge in [0.2, 0.25) is 5.91 Å². The molecule has 134 valence electrons. The Morgan fingerprint density at radius 1 is 0.731 bits per heavy atom. The minimum atomic E-state index is -0.213. The first-order valence-corrected chi connectivity index (χ1v) is 10.2. The molecule has 4 fully saturated rings. The van der Waals surface area contributed by atoms with Crippen LogP contribution in [0.5, 0.6) is 0 Å². The highest BCUT2D eigenvalue weighted by atomic mass is 16.2. The highest BCUT2D eigenvalue weighted by molar-refractivity contribution is 5.87. The van der Waals surface area contributed by atoms with Crippen molar-refractivity contribution in [2.24, 2.45) is 23.7 Å². The maximum atomic E-state index is 13.4. The zero-order valence-corrected chi connectivity index (χ0v) is 15.2. The molecule has 2 aromatic rings.